The number of carbonyl (C=O) groups excluding carboxylic acids is 1. The molecule has 0 aliphatic carbocycles. The van der Waals surface area contributed by atoms with Gasteiger partial charge >= 0.3 is 0 Å². The van der Waals surface area contributed by atoms with Gasteiger partial charge in [-0.2, -0.15) is 0 Å². The number of carbonyl (C=O) groups is 1. The molecule has 0 aromatic carbocycles. The van der Waals surface area contributed by atoms with Crippen molar-refractivity contribution in [3.05, 3.63) is 36.5 Å². The van der Waals surface area contributed by atoms with E-state index in [0.29, 0.717) is 12.8 Å². The fraction of sp³-hybridized carbons (Fsp3) is 0.851. The van der Waals surface area contributed by atoms with Crippen molar-refractivity contribution in [1.82, 2.24) is 5.32 Å². The van der Waals surface area contributed by atoms with Gasteiger partial charge in [0.05, 0.1) is 18.8 Å². The molecule has 1 amide bonds. The van der Waals surface area contributed by atoms with Crippen LogP contribution in [0.4, 0.5) is 0 Å². The number of unbranched alkanes of at least 4 members (excludes halogenated alkanes) is 26. The van der Waals surface area contributed by atoms with Crippen molar-refractivity contribution < 1.29 is 25.2 Å². The summed E-state index contributed by atoms with van der Waals surface area (Å²) < 4.78 is 0. The van der Waals surface area contributed by atoms with Crippen LogP contribution < -0.4 is 5.32 Å². The highest BCUT2D eigenvalue weighted by atomic mass is 16.3. The molecule has 53 heavy (non-hydrogen) atoms. The minimum absolute atomic E-state index is 0.350. The number of aliphatic hydroxyl groups is 4. The molecule has 0 aromatic rings. The summed E-state index contributed by atoms with van der Waals surface area (Å²) >= 11 is 0. The van der Waals surface area contributed by atoms with E-state index in [4.69, 9.17) is 0 Å². The first-order chi connectivity index (χ1) is 26.0. The standard InChI is InChI=1S/C47H89NO5/c1-3-5-7-9-11-13-15-17-19-21-22-23-24-25-27-28-30-32-34-36-38-40-44(50)46(52)43(42-49)48-47(53)45(51)41-39-37-35-33-31-29-26-20-18-16-14-12-10-8-6-4-2/h12,14,18,20,32,34,43-46,49-52H,3-11,13,15-17,19,21-31,33,35-42H2,1-2H3,(H,48,53)/b14-12-,20-18-,34-32+. The third kappa shape index (κ3) is 36.0. The summed E-state index contributed by atoms with van der Waals surface area (Å²) in [5.74, 6) is -0.602. The Balaban J connectivity index is 3.77. The van der Waals surface area contributed by atoms with E-state index >= 15 is 0 Å². The third-order valence-electron chi connectivity index (χ3n) is 10.6. The quantitative estimate of drug-likeness (QED) is 0.0316. The molecule has 0 saturated carbocycles. The van der Waals surface area contributed by atoms with Gasteiger partial charge in [0.2, 0.25) is 5.91 Å². The number of allylic oxidation sites excluding steroid dienone is 6. The van der Waals surface area contributed by atoms with Crippen LogP contribution in [0.3, 0.4) is 0 Å². The fourth-order valence-electron chi connectivity index (χ4n) is 6.90. The second-order valence-corrected chi connectivity index (χ2v) is 15.7. The van der Waals surface area contributed by atoms with Crippen LogP contribution in [-0.4, -0.2) is 57.3 Å². The van der Waals surface area contributed by atoms with Crippen molar-refractivity contribution in [2.75, 3.05) is 6.61 Å². The van der Waals surface area contributed by atoms with Crippen molar-refractivity contribution in [3.8, 4) is 0 Å². The highest BCUT2D eigenvalue weighted by Gasteiger charge is 2.28. The SMILES string of the molecule is CCCCC/C=C\C/C=C\CCCCCCCCC(O)C(=O)NC(CO)C(O)C(O)CCC/C=C/CCCCCCCCCCCCCCCCCC. The molecule has 0 spiro atoms. The van der Waals surface area contributed by atoms with Crippen molar-refractivity contribution in [2.45, 2.75) is 250 Å². The van der Waals surface area contributed by atoms with Crippen LogP contribution in [0.25, 0.3) is 0 Å². The van der Waals surface area contributed by atoms with Gasteiger partial charge in [-0.15, -0.1) is 0 Å². The summed E-state index contributed by atoms with van der Waals surface area (Å²) in [6, 6.07) is -1.01. The largest absolute Gasteiger partial charge is 0.394 e. The molecule has 6 heteroatoms. The third-order valence-corrected chi connectivity index (χ3v) is 10.6. The van der Waals surface area contributed by atoms with Gasteiger partial charge in [-0.05, 0) is 70.6 Å². The smallest absolute Gasteiger partial charge is 0.249 e. The van der Waals surface area contributed by atoms with Crippen LogP contribution in [-0.2, 0) is 4.79 Å². The Morgan fingerprint density at radius 1 is 0.472 bits per heavy atom. The molecule has 4 atom stereocenters. The minimum atomic E-state index is -1.29. The van der Waals surface area contributed by atoms with E-state index < -0.39 is 36.9 Å². The molecule has 0 aliphatic heterocycles. The second-order valence-electron chi connectivity index (χ2n) is 15.7. The Morgan fingerprint density at radius 3 is 1.28 bits per heavy atom. The maximum absolute atomic E-state index is 12.5. The second kappa shape index (κ2) is 41.7. The van der Waals surface area contributed by atoms with Crippen molar-refractivity contribution in [2.24, 2.45) is 0 Å². The lowest BCUT2D eigenvalue weighted by Crippen LogP contribution is -2.53. The molecule has 0 heterocycles. The molecule has 0 aliphatic rings. The molecular formula is C47H89NO5. The summed E-state index contributed by atoms with van der Waals surface area (Å²) in [4.78, 5) is 12.5. The monoisotopic (exact) mass is 748 g/mol. The lowest BCUT2D eigenvalue weighted by molar-refractivity contribution is -0.132. The van der Waals surface area contributed by atoms with Crippen LogP contribution in [0.2, 0.25) is 0 Å². The first-order valence-corrected chi connectivity index (χ1v) is 22.9. The lowest BCUT2D eigenvalue weighted by atomic mass is 10.00. The first kappa shape index (κ1) is 51.5. The zero-order valence-electron chi connectivity index (χ0n) is 35.0. The molecule has 0 radical (unpaired) electrons. The van der Waals surface area contributed by atoms with E-state index in [0.717, 1.165) is 57.8 Å². The normalized spacial score (nSPS) is 14.5. The number of rotatable bonds is 41. The van der Waals surface area contributed by atoms with Gasteiger partial charge in [0.1, 0.15) is 12.2 Å². The van der Waals surface area contributed by atoms with Gasteiger partial charge in [-0.1, -0.05) is 192 Å². The summed E-state index contributed by atoms with van der Waals surface area (Å²) in [5, 5.41) is 43.7. The van der Waals surface area contributed by atoms with Crippen molar-refractivity contribution in [3.63, 3.8) is 0 Å². The van der Waals surface area contributed by atoms with E-state index in [1.165, 1.54) is 141 Å². The molecule has 0 rings (SSSR count). The molecule has 6 nitrogen and oxygen atoms in total. The molecule has 0 bridgehead atoms. The number of aliphatic hydroxyl groups excluding tert-OH is 4. The van der Waals surface area contributed by atoms with E-state index in [9.17, 15) is 25.2 Å². The number of amides is 1. The Bertz CT molecular complexity index is 843. The summed E-state index contributed by atoms with van der Waals surface area (Å²) in [6.45, 7) is 4.01. The van der Waals surface area contributed by atoms with Gasteiger partial charge in [0, 0.05) is 0 Å². The number of hydrogen-bond donors (Lipinski definition) is 5. The zero-order valence-corrected chi connectivity index (χ0v) is 35.0. The van der Waals surface area contributed by atoms with Crippen LogP contribution >= 0.6 is 0 Å². The number of hydrogen-bond acceptors (Lipinski definition) is 5. The molecule has 5 N–H and O–H groups in total. The predicted molar refractivity (Wildman–Crippen MR) is 228 cm³/mol. The predicted octanol–water partition coefficient (Wildman–Crippen LogP) is 12.1. The number of nitrogens with one attached hydrogen (secondary N) is 1. The Labute approximate surface area is 328 Å². The maximum Gasteiger partial charge on any atom is 0.249 e. The van der Waals surface area contributed by atoms with Gasteiger partial charge in [-0.3, -0.25) is 4.79 Å². The highest BCUT2D eigenvalue weighted by molar-refractivity contribution is 5.80. The average Bonchev–Trinajstić information content (AvgIpc) is 3.16. The van der Waals surface area contributed by atoms with Crippen molar-refractivity contribution >= 4 is 5.91 Å². The van der Waals surface area contributed by atoms with Gasteiger partial charge in [0.15, 0.2) is 0 Å². The van der Waals surface area contributed by atoms with Crippen LogP contribution in [0.5, 0.6) is 0 Å². The Kier molecular flexibility index (Phi) is 40.5. The van der Waals surface area contributed by atoms with E-state index in [1.807, 2.05) is 0 Å². The van der Waals surface area contributed by atoms with E-state index in [-0.39, 0.29) is 0 Å². The molecular weight excluding hydrogens is 659 g/mol. The molecule has 0 saturated heterocycles. The summed E-state index contributed by atoms with van der Waals surface area (Å²) in [6.07, 6.45) is 48.9. The first-order valence-electron chi connectivity index (χ1n) is 22.9. The topological polar surface area (TPSA) is 110 Å². The van der Waals surface area contributed by atoms with E-state index in [2.05, 4.69) is 55.6 Å². The maximum atomic E-state index is 12.5. The molecule has 4 unspecified atom stereocenters. The van der Waals surface area contributed by atoms with Crippen LogP contribution in [0.1, 0.15) is 226 Å². The zero-order chi connectivity index (χ0) is 38.9. The van der Waals surface area contributed by atoms with Gasteiger partial charge in [-0.25, -0.2) is 0 Å². The Morgan fingerprint density at radius 2 is 0.830 bits per heavy atom. The summed E-state index contributed by atoms with van der Waals surface area (Å²) in [7, 11) is 0. The fourth-order valence-corrected chi connectivity index (χ4v) is 6.90. The highest BCUT2D eigenvalue weighted by Crippen LogP contribution is 2.16. The van der Waals surface area contributed by atoms with Crippen molar-refractivity contribution in [1.29, 1.82) is 0 Å². The lowest BCUT2D eigenvalue weighted by Gasteiger charge is -2.27. The molecule has 0 aromatic heterocycles. The van der Waals surface area contributed by atoms with E-state index in [1.54, 1.807) is 0 Å². The van der Waals surface area contributed by atoms with Gasteiger partial charge < -0.3 is 25.7 Å². The Hall–Kier alpha value is -1.47. The van der Waals surface area contributed by atoms with Crippen LogP contribution in [0, 0.1) is 0 Å². The van der Waals surface area contributed by atoms with Crippen LogP contribution in [0.15, 0.2) is 36.5 Å². The molecule has 312 valence electrons. The van der Waals surface area contributed by atoms with Gasteiger partial charge in [0.25, 0.3) is 0 Å². The summed E-state index contributed by atoms with van der Waals surface area (Å²) in [5.41, 5.74) is 0. The minimum Gasteiger partial charge on any atom is -0.394 e. The molecule has 0 fully saturated rings. The average molecular weight is 748 g/mol.